The fraction of sp³-hybridized carbons (Fsp3) is 0.316. The molecule has 23 heavy (non-hydrogen) atoms. The van der Waals surface area contributed by atoms with Crippen LogP contribution in [-0.2, 0) is 16.8 Å². The summed E-state index contributed by atoms with van der Waals surface area (Å²) in [6.07, 6.45) is 0.453. The number of hydrogen-bond donors (Lipinski definition) is 1. The van der Waals surface area contributed by atoms with Gasteiger partial charge in [0.2, 0.25) is 5.91 Å². The second-order valence-corrected chi connectivity index (χ2v) is 7.03. The highest BCUT2D eigenvalue weighted by molar-refractivity contribution is 9.10. The first-order valence-electron chi connectivity index (χ1n) is 7.57. The number of nitrogens with one attached hydrogen (secondary N) is 1. The zero-order valence-electron chi connectivity index (χ0n) is 13.7. The summed E-state index contributed by atoms with van der Waals surface area (Å²) in [6, 6.07) is 15.9. The highest BCUT2D eigenvalue weighted by Crippen LogP contribution is 2.27. The van der Waals surface area contributed by atoms with Crippen LogP contribution in [0.2, 0.25) is 0 Å². The van der Waals surface area contributed by atoms with E-state index < -0.39 is 0 Å². The molecule has 0 fully saturated rings. The summed E-state index contributed by atoms with van der Waals surface area (Å²) in [4.78, 5) is 12.3. The lowest BCUT2D eigenvalue weighted by molar-refractivity contribution is -0.122. The molecule has 0 spiro atoms. The van der Waals surface area contributed by atoms with Gasteiger partial charge >= 0.3 is 0 Å². The number of rotatable bonds is 6. The Morgan fingerprint density at radius 3 is 2.48 bits per heavy atom. The summed E-state index contributed by atoms with van der Waals surface area (Å²) < 4.78 is 6.09. The maximum absolute atomic E-state index is 12.3. The van der Waals surface area contributed by atoms with Crippen LogP contribution in [0.5, 0.6) is 5.75 Å². The zero-order valence-corrected chi connectivity index (χ0v) is 15.3. The zero-order chi connectivity index (χ0) is 16.9. The predicted octanol–water partition coefficient (Wildman–Crippen LogP) is 4.44. The van der Waals surface area contributed by atoms with Crippen molar-refractivity contribution in [2.45, 2.75) is 32.2 Å². The van der Waals surface area contributed by atoms with Crippen LogP contribution in [0.25, 0.3) is 0 Å². The topological polar surface area (TPSA) is 38.3 Å². The minimum Gasteiger partial charge on any atom is -0.496 e. The van der Waals surface area contributed by atoms with Gasteiger partial charge in [-0.15, -0.1) is 0 Å². The second kappa shape index (κ2) is 7.64. The maximum Gasteiger partial charge on any atom is 0.221 e. The first kappa shape index (κ1) is 17.5. The molecule has 0 saturated heterocycles. The van der Waals surface area contributed by atoms with Gasteiger partial charge in [-0.2, -0.15) is 0 Å². The van der Waals surface area contributed by atoms with Crippen molar-refractivity contribution in [2.24, 2.45) is 0 Å². The van der Waals surface area contributed by atoms with Gasteiger partial charge in [0.1, 0.15) is 5.75 Å². The minimum atomic E-state index is -0.189. The lowest BCUT2D eigenvalue weighted by Crippen LogP contribution is -2.30. The highest BCUT2D eigenvalue weighted by atomic mass is 79.9. The Hall–Kier alpha value is -1.81. The molecule has 0 aliphatic heterocycles. The van der Waals surface area contributed by atoms with Crippen LogP contribution in [0.1, 0.15) is 31.4 Å². The van der Waals surface area contributed by atoms with Crippen molar-refractivity contribution in [2.75, 3.05) is 7.11 Å². The highest BCUT2D eigenvalue weighted by Gasteiger charge is 2.23. The Morgan fingerprint density at radius 2 is 1.87 bits per heavy atom. The smallest absolute Gasteiger partial charge is 0.221 e. The Labute approximate surface area is 146 Å². The molecule has 0 atom stereocenters. The van der Waals surface area contributed by atoms with E-state index in [-0.39, 0.29) is 11.3 Å². The van der Waals surface area contributed by atoms with Gasteiger partial charge in [-0.05, 0) is 44.6 Å². The first-order valence-corrected chi connectivity index (χ1v) is 8.36. The van der Waals surface area contributed by atoms with Crippen molar-refractivity contribution in [3.63, 3.8) is 0 Å². The minimum absolute atomic E-state index is 0.0470. The molecule has 0 aliphatic rings. The predicted molar refractivity (Wildman–Crippen MR) is 96.6 cm³/mol. The van der Waals surface area contributed by atoms with E-state index in [1.807, 2.05) is 36.4 Å². The van der Waals surface area contributed by atoms with E-state index in [9.17, 15) is 4.79 Å². The number of amides is 1. The van der Waals surface area contributed by atoms with E-state index in [4.69, 9.17) is 4.74 Å². The van der Waals surface area contributed by atoms with Crippen molar-refractivity contribution in [3.05, 3.63) is 64.1 Å². The molecule has 1 N–H and O–H groups in total. The Morgan fingerprint density at radius 1 is 1.17 bits per heavy atom. The number of carbonyl (C=O) groups excluding carboxylic acids is 1. The van der Waals surface area contributed by atoms with Crippen molar-refractivity contribution < 1.29 is 9.53 Å². The maximum atomic E-state index is 12.3. The van der Waals surface area contributed by atoms with Crippen molar-refractivity contribution >= 4 is 21.8 Å². The number of hydrogen-bond acceptors (Lipinski definition) is 2. The molecule has 0 radical (unpaired) electrons. The second-order valence-electron chi connectivity index (χ2n) is 6.17. The SMILES string of the molecule is COc1ccc(CNC(=O)CC(C)(C)c2ccccc2)cc1Br. The van der Waals surface area contributed by atoms with Gasteiger partial charge in [0.15, 0.2) is 0 Å². The summed E-state index contributed by atoms with van der Waals surface area (Å²) in [5.74, 6) is 0.830. The van der Waals surface area contributed by atoms with Crippen LogP contribution in [0.4, 0.5) is 0 Å². The fourth-order valence-electron chi connectivity index (χ4n) is 2.48. The average molecular weight is 376 g/mol. The molecule has 2 rings (SSSR count). The number of halogens is 1. The molecule has 0 heterocycles. The van der Waals surface area contributed by atoms with Gasteiger partial charge in [-0.3, -0.25) is 4.79 Å². The summed E-state index contributed by atoms with van der Waals surface area (Å²) in [6.45, 7) is 4.68. The molecule has 2 aromatic rings. The molecule has 122 valence electrons. The summed E-state index contributed by atoms with van der Waals surface area (Å²) in [5.41, 5.74) is 2.01. The number of benzene rings is 2. The van der Waals surface area contributed by atoms with Crippen LogP contribution in [0.15, 0.2) is 53.0 Å². The Kier molecular flexibility index (Phi) is 5.83. The molecule has 4 heteroatoms. The van der Waals surface area contributed by atoms with Crippen molar-refractivity contribution in [1.82, 2.24) is 5.32 Å². The molecule has 0 aliphatic carbocycles. The molecule has 0 aromatic heterocycles. The van der Waals surface area contributed by atoms with Gasteiger partial charge in [-0.1, -0.05) is 50.2 Å². The van der Waals surface area contributed by atoms with Crippen molar-refractivity contribution in [1.29, 1.82) is 0 Å². The van der Waals surface area contributed by atoms with E-state index in [0.29, 0.717) is 13.0 Å². The standard InChI is InChI=1S/C19H22BrNO2/c1-19(2,15-7-5-4-6-8-15)12-18(22)21-13-14-9-10-17(23-3)16(20)11-14/h4-11H,12-13H2,1-3H3,(H,21,22). The number of carbonyl (C=O) groups is 1. The number of methoxy groups -OCH3 is 1. The Balaban J connectivity index is 1.94. The summed E-state index contributed by atoms with van der Waals surface area (Å²) >= 11 is 3.46. The van der Waals surface area contributed by atoms with Gasteiger partial charge < -0.3 is 10.1 Å². The molecular weight excluding hydrogens is 354 g/mol. The largest absolute Gasteiger partial charge is 0.496 e. The van der Waals surface area contributed by atoms with Gasteiger partial charge in [0.05, 0.1) is 11.6 Å². The van der Waals surface area contributed by atoms with E-state index in [1.165, 1.54) is 5.56 Å². The lowest BCUT2D eigenvalue weighted by Gasteiger charge is -2.24. The van der Waals surface area contributed by atoms with Crippen LogP contribution in [0.3, 0.4) is 0 Å². The summed E-state index contributed by atoms with van der Waals surface area (Å²) in [7, 11) is 1.63. The third kappa shape index (κ3) is 4.83. The molecular formula is C19H22BrNO2. The quantitative estimate of drug-likeness (QED) is 0.810. The van der Waals surface area contributed by atoms with Gasteiger partial charge in [0, 0.05) is 13.0 Å². The fourth-order valence-corrected chi connectivity index (χ4v) is 3.06. The molecule has 0 unspecified atom stereocenters. The molecule has 0 bridgehead atoms. The van der Waals surface area contributed by atoms with E-state index in [0.717, 1.165) is 15.8 Å². The lowest BCUT2D eigenvalue weighted by atomic mass is 9.81. The van der Waals surface area contributed by atoms with Crippen LogP contribution >= 0.6 is 15.9 Å². The molecule has 3 nitrogen and oxygen atoms in total. The molecule has 1 amide bonds. The van der Waals surface area contributed by atoms with E-state index in [1.54, 1.807) is 7.11 Å². The average Bonchev–Trinajstić information content (AvgIpc) is 2.53. The van der Waals surface area contributed by atoms with E-state index in [2.05, 4.69) is 47.2 Å². The molecule has 2 aromatic carbocycles. The third-order valence-electron chi connectivity index (χ3n) is 3.86. The summed E-state index contributed by atoms with van der Waals surface area (Å²) in [5, 5.41) is 2.99. The van der Waals surface area contributed by atoms with Crippen LogP contribution < -0.4 is 10.1 Å². The number of ether oxygens (including phenoxy) is 1. The van der Waals surface area contributed by atoms with Crippen LogP contribution in [0, 0.1) is 0 Å². The van der Waals surface area contributed by atoms with Crippen LogP contribution in [-0.4, -0.2) is 13.0 Å². The normalized spacial score (nSPS) is 11.1. The first-order chi connectivity index (χ1) is 10.9. The monoisotopic (exact) mass is 375 g/mol. The van der Waals surface area contributed by atoms with E-state index >= 15 is 0 Å². The third-order valence-corrected chi connectivity index (χ3v) is 4.48. The molecule has 0 saturated carbocycles. The Bertz CT molecular complexity index is 668. The van der Waals surface area contributed by atoms with Gasteiger partial charge in [-0.25, -0.2) is 0 Å². The van der Waals surface area contributed by atoms with Crippen molar-refractivity contribution in [3.8, 4) is 5.75 Å². The van der Waals surface area contributed by atoms with Gasteiger partial charge in [0.25, 0.3) is 0 Å².